The van der Waals surface area contributed by atoms with Gasteiger partial charge in [-0.2, -0.15) is 0 Å². The average molecular weight is 703 g/mol. The maximum Gasteiger partial charge on any atom is 0.172 e. The Kier molecular flexibility index (Phi) is 8.08. The van der Waals surface area contributed by atoms with E-state index in [1.54, 1.807) is 27.9 Å². The van der Waals surface area contributed by atoms with E-state index in [9.17, 15) is 0 Å². The largest absolute Gasteiger partial charge is 0.365 e. The summed E-state index contributed by atoms with van der Waals surface area (Å²) in [6.07, 6.45) is 10.7. The molecule has 2 heteroatoms. The third-order valence-corrected chi connectivity index (χ3v) is 19.1. The molecule has 0 amide bonds. The number of Topliss-reactive ketones (excluding diaryl/α,β-unsaturated/α-hetero) is 1. The van der Waals surface area contributed by atoms with Crippen LogP contribution < -0.4 is 0 Å². The topological polar surface area (TPSA) is 26.3 Å². The molecule has 7 unspecified atom stereocenters. The molecule has 1 heterocycles. The second-order valence-electron chi connectivity index (χ2n) is 20.6. The average Bonchev–Trinajstić information content (AvgIpc) is 3.13. The lowest BCUT2D eigenvalue weighted by Crippen LogP contribution is -2.67. The van der Waals surface area contributed by atoms with Crippen molar-refractivity contribution >= 4 is 5.78 Å². The fourth-order valence-electron chi connectivity index (χ4n) is 15.6. The van der Waals surface area contributed by atoms with Crippen LogP contribution in [0.3, 0.4) is 0 Å². The molecular weight excluding hydrogens is 633 g/mol. The van der Waals surface area contributed by atoms with Crippen LogP contribution in [0.5, 0.6) is 0 Å². The van der Waals surface area contributed by atoms with Gasteiger partial charge in [-0.3, -0.25) is 4.79 Å². The SMILES string of the molecule is CCC1=C(C(=O)C2(C3(C4CC5CC(=C4C)C5(C)C)CC4CC(=C3C)C4(C)C)CC3CC(=C2C)C3(C)C)COC(CC)(c2ccccc2)C1(CC)CC. The van der Waals surface area contributed by atoms with Crippen LogP contribution in [-0.4, -0.2) is 12.4 Å². The third kappa shape index (κ3) is 3.95. The van der Waals surface area contributed by atoms with Crippen LogP contribution in [0.4, 0.5) is 0 Å². The minimum absolute atomic E-state index is 0.170. The minimum atomic E-state index is -0.545. The number of hydrogen-bond acceptors (Lipinski definition) is 2. The lowest BCUT2D eigenvalue weighted by Gasteiger charge is -2.72. The first kappa shape index (κ1) is 36.8. The van der Waals surface area contributed by atoms with E-state index in [0.717, 1.165) is 44.1 Å². The normalized spacial score (nSPS) is 39.2. The van der Waals surface area contributed by atoms with Crippen LogP contribution in [0.2, 0.25) is 0 Å². The molecule has 1 aliphatic heterocycles. The highest BCUT2D eigenvalue weighted by Crippen LogP contribution is 2.79. The number of ketones is 1. The van der Waals surface area contributed by atoms with Crippen LogP contribution in [-0.2, 0) is 15.1 Å². The molecule has 10 aliphatic rings. The van der Waals surface area contributed by atoms with E-state index >= 15 is 4.79 Å². The highest BCUT2D eigenvalue weighted by atomic mass is 16.5. The van der Waals surface area contributed by atoms with E-state index in [1.165, 1.54) is 42.4 Å². The minimum Gasteiger partial charge on any atom is -0.365 e. The highest BCUT2D eigenvalue weighted by molar-refractivity contribution is 6.05. The Balaban J connectivity index is 1.43. The predicted octanol–water partition coefficient (Wildman–Crippen LogP) is 13.3. The van der Waals surface area contributed by atoms with Gasteiger partial charge in [0, 0.05) is 16.4 Å². The lowest BCUT2D eigenvalue weighted by molar-refractivity contribution is -0.158. The standard InChI is InChI=1S/C50H70O2/c1-14-38-37(29-52-50(17-4,47(38,15-2)16-3)33-21-19-18-20-22-33)43(51)49(28-36-26-42(32(49)7)46(36,12)13)48(27-35-25-41(31(48)6)45(35,10)11)40-24-34-23-39(30(40)5)44(34,8)9/h18-22,34-36,40H,14-17,23-29H2,1-13H3. The van der Waals surface area contributed by atoms with Gasteiger partial charge in [-0.1, -0.05) is 139 Å². The summed E-state index contributed by atoms with van der Waals surface area (Å²) in [4.78, 5) is 16.9. The van der Waals surface area contributed by atoms with E-state index in [4.69, 9.17) is 4.74 Å². The van der Waals surface area contributed by atoms with Crippen LogP contribution in [0.25, 0.3) is 0 Å². The summed E-state index contributed by atoms with van der Waals surface area (Å²) in [5.41, 5.74) is 12.7. The van der Waals surface area contributed by atoms with Gasteiger partial charge in [-0.05, 0) is 130 Å². The van der Waals surface area contributed by atoms with E-state index in [0.29, 0.717) is 41.5 Å². The molecule has 3 fully saturated rings. The molecule has 7 atom stereocenters. The highest BCUT2D eigenvalue weighted by Gasteiger charge is 2.73. The number of allylic oxidation sites excluding steroid dienone is 6. The van der Waals surface area contributed by atoms with Crippen LogP contribution >= 0.6 is 0 Å². The summed E-state index contributed by atoms with van der Waals surface area (Å²) >= 11 is 0. The van der Waals surface area contributed by atoms with Crippen molar-refractivity contribution in [3.8, 4) is 0 Å². The summed E-state index contributed by atoms with van der Waals surface area (Å²) in [5.74, 6) is 2.75. The molecule has 0 spiro atoms. The number of rotatable bonds is 9. The smallest absolute Gasteiger partial charge is 0.172 e. The van der Waals surface area contributed by atoms with Gasteiger partial charge in [0.25, 0.3) is 0 Å². The molecule has 1 aromatic rings. The first-order valence-electron chi connectivity index (χ1n) is 21.5. The number of carbonyl (C=O) groups excluding carboxylic acids is 1. The Morgan fingerprint density at radius 2 is 1.27 bits per heavy atom. The molecule has 282 valence electrons. The molecule has 3 saturated carbocycles. The summed E-state index contributed by atoms with van der Waals surface area (Å²) in [7, 11) is 0. The van der Waals surface area contributed by atoms with Gasteiger partial charge in [0.2, 0.25) is 0 Å². The maximum absolute atomic E-state index is 16.9. The van der Waals surface area contributed by atoms with Gasteiger partial charge in [0.05, 0.1) is 12.0 Å². The summed E-state index contributed by atoms with van der Waals surface area (Å²) in [6.45, 7) is 32.3. The van der Waals surface area contributed by atoms with Crippen molar-refractivity contribution in [2.24, 2.45) is 56.2 Å². The Morgan fingerprint density at radius 1 is 0.712 bits per heavy atom. The predicted molar refractivity (Wildman–Crippen MR) is 216 cm³/mol. The number of hydrogen-bond donors (Lipinski definition) is 0. The fourth-order valence-corrected chi connectivity index (χ4v) is 15.6. The van der Waals surface area contributed by atoms with Crippen molar-refractivity contribution in [1.82, 2.24) is 0 Å². The Labute approximate surface area is 317 Å². The van der Waals surface area contributed by atoms with E-state index in [1.807, 2.05) is 0 Å². The molecule has 9 aliphatic carbocycles. The van der Waals surface area contributed by atoms with Crippen LogP contribution in [0.1, 0.15) is 160 Å². The van der Waals surface area contributed by atoms with E-state index in [2.05, 4.69) is 120 Å². The molecule has 2 nitrogen and oxygen atoms in total. The molecule has 0 aromatic heterocycles. The van der Waals surface area contributed by atoms with Crippen molar-refractivity contribution in [3.63, 3.8) is 0 Å². The molecule has 0 saturated heterocycles. The molecule has 52 heavy (non-hydrogen) atoms. The Hall–Kier alpha value is -2.19. The lowest BCUT2D eigenvalue weighted by atomic mass is 9.31. The van der Waals surface area contributed by atoms with Gasteiger partial charge in [0.15, 0.2) is 5.78 Å². The van der Waals surface area contributed by atoms with E-state index < -0.39 is 11.0 Å². The molecular formula is C50H70O2. The van der Waals surface area contributed by atoms with Gasteiger partial charge < -0.3 is 4.74 Å². The maximum atomic E-state index is 16.9. The molecule has 6 bridgehead atoms. The monoisotopic (exact) mass is 703 g/mol. The van der Waals surface area contributed by atoms with Gasteiger partial charge in [0.1, 0.15) is 5.60 Å². The van der Waals surface area contributed by atoms with Crippen LogP contribution in [0, 0.1) is 56.2 Å². The molecule has 0 N–H and O–H groups in total. The number of fused-ring (bicyclic) bond motifs is 8. The van der Waals surface area contributed by atoms with Gasteiger partial charge in [-0.15, -0.1) is 0 Å². The zero-order chi connectivity index (χ0) is 37.6. The van der Waals surface area contributed by atoms with Crippen molar-refractivity contribution in [2.45, 2.75) is 160 Å². The van der Waals surface area contributed by atoms with Crippen molar-refractivity contribution < 1.29 is 9.53 Å². The second-order valence-corrected chi connectivity index (χ2v) is 20.6. The Bertz CT molecular complexity index is 1840. The fraction of sp³-hybridized carbons (Fsp3) is 0.700. The summed E-state index contributed by atoms with van der Waals surface area (Å²) in [5, 5.41) is 0. The first-order chi connectivity index (χ1) is 24.4. The summed E-state index contributed by atoms with van der Waals surface area (Å²) < 4.78 is 7.43. The van der Waals surface area contributed by atoms with E-state index in [-0.39, 0.29) is 21.7 Å². The summed E-state index contributed by atoms with van der Waals surface area (Å²) in [6, 6.07) is 11.0. The van der Waals surface area contributed by atoms with Crippen LogP contribution in [0.15, 0.2) is 74.9 Å². The number of ether oxygens (including phenoxy) is 1. The zero-order valence-corrected chi connectivity index (χ0v) is 35.3. The molecule has 0 radical (unpaired) electrons. The van der Waals surface area contributed by atoms with Gasteiger partial charge >= 0.3 is 0 Å². The molecule has 11 rings (SSSR count). The number of carbonyl (C=O) groups is 1. The second kappa shape index (κ2) is 11.4. The quantitative estimate of drug-likeness (QED) is 0.239. The first-order valence-corrected chi connectivity index (χ1v) is 21.5. The van der Waals surface area contributed by atoms with Gasteiger partial charge in [-0.25, -0.2) is 0 Å². The van der Waals surface area contributed by atoms with Crippen molar-refractivity contribution in [2.75, 3.05) is 6.61 Å². The zero-order valence-electron chi connectivity index (χ0n) is 35.3. The Morgan fingerprint density at radius 3 is 1.75 bits per heavy atom. The third-order valence-electron chi connectivity index (χ3n) is 19.1. The van der Waals surface area contributed by atoms with Crippen molar-refractivity contribution in [1.29, 1.82) is 0 Å². The van der Waals surface area contributed by atoms with Crippen molar-refractivity contribution in [3.05, 3.63) is 80.5 Å². The number of benzene rings is 1. The molecule has 1 aromatic carbocycles.